The normalized spacial score (nSPS) is 13.6. The van der Waals surface area contributed by atoms with E-state index in [0.717, 1.165) is 19.6 Å². The molecule has 2 nitrogen and oxygen atoms in total. The van der Waals surface area contributed by atoms with E-state index in [4.69, 9.17) is 4.74 Å². The monoisotopic (exact) mass is 249 g/mol. The fraction of sp³-hybridized carbons (Fsp3) is 0.625. The lowest BCUT2D eigenvalue weighted by Gasteiger charge is -2.35. The second kappa shape index (κ2) is 6.91. The third-order valence-corrected chi connectivity index (χ3v) is 3.33. The first-order valence-corrected chi connectivity index (χ1v) is 6.92. The molecule has 1 unspecified atom stereocenters. The summed E-state index contributed by atoms with van der Waals surface area (Å²) in [6.07, 6.45) is 1.00. The molecule has 1 aromatic carbocycles. The molecular weight excluding hydrogens is 222 g/mol. The first-order valence-electron chi connectivity index (χ1n) is 6.92. The van der Waals surface area contributed by atoms with Crippen molar-refractivity contribution in [3.05, 3.63) is 35.4 Å². The zero-order chi connectivity index (χ0) is 13.6. The van der Waals surface area contributed by atoms with Gasteiger partial charge in [0, 0.05) is 12.6 Å². The second-order valence-electron chi connectivity index (χ2n) is 5.34. The van der Waals surface area contributed by atoms with E-state index >= 15 is 0 Å². The molecule has 1 rings (SSSR count). The summed E-state index contributed by atoms with van der Waals surface area (Å²) >= 11 is 0. The van der Waals surface area contributed by atoms with E-state index in [9.17, 15) is 0 Å². The summed E-state index contributed by atoms with van der Waals surface area (Å²) in [6.45, 7) is 12.4. The van der Waals surface area contributed by atoms with Crippen LogP contribution in [0.25, 0.3) is 0 Å². The van der Waals surface area contributed by atoms with Crippen molar-refractivity contribution in [2.75, 3.05) is 13.2 Å². The predicted octanol–water partition coefficient (Wildman–Crippen LogP) is 3.33. The Morgan fingerprint density at radius 1 is 1.28 bits per heavy atom. The van der Waals surface area contributed by atoms with E-state index in [0.29, 0.717) is 6.04 Å². The van der Waals surface area contributed by atoms with Gasteiger partial charge in [-0.1, -0.05) is 36.8 Å². The summed E-state index contributed by atoms with van der Waals surface area (Å²) in [6, 6.07) is 9.05. The molecule has 18 heavy (non-hydrogen) atoms. The van der Waals surface area contributed by atoms with Crippen LogP contribution in [0.5, 0.6) is 0 Å². The summed E-state index contributed by atoms with van der Waals surface area (Å²) in [4.78, 5) is 0. The number of rotatable bonds is 7. The number of nitrogens with one attached hydrogen (secondary N) is 1. The molecule has 0 spiro atoms. The molecule has 0 amide bonds. The van der Waals surface area contributed by atoms with Crippen LogP contribution < -0.4 is 5.32 Å². The second-order valence-corrected chi connectivity index (χ2v) is 5.34. The lowest BCUT2D eigenvalue weighted by atomic mass is 9.91. The number of benzene rings is 1. The standard InChI is InChI=1S/C16H27NO/c1-6-17-15(16(4,5)18-7-2)12-14-10-8-9-13(3)11-14/h8-11,15,17H,6-7,12H2,1-5H3. The number of ether oxygens (including phenoxy) is 1. The smallest absolute Gasteiger partial charge is 0.0781 e. The third kappa shape index (κ3) is 4.43. The average molecular weight is 249 g/mol. The molecule has 1 atom stereocenters. The van der Waals surface area contributed by atoms with Gasteiger partial charge in [-0.25, -0.2) is 0 Å². The minimum absolute atomic E-state index is 0.144. The fourth-order valence-corrected chi connectivity index (χ4v) is 2.36. The fourth-order valence-electron chi connectivity index (χ4n) is 2.36. The molecule has 102 valence electrons. The topological polar surface area (TPSA) is 21.3 Å². The molecule has 0 saturated carbocycles. The van der Waals surface area contributed by atoms with Crippen molar-refractivity contribution in [2.45, 2.75) is 52.7 Å². The van der Waals surface area contributed by atoms with Crippen molar-refractivity contribution in [3.8, 4) is 0 Å². The summed E-state index contributed by atoms with van der Waals surface area (Å²) in [5.41, 5.74) is 2.54. The molecule has 0 heterocycles. The van der Waals surface area contributed by atoms with Crippen molar-refractivity contribution in [2.24, 2.45) is 0 Å². The number of likely N-dealkylation sites (N-methyl/N-ethyl adjacent to an activating group) is 1. The van der Waals surface area contributed by atoms with Gasteiger partial charge in [0.05, 0.1) is 5.60 Å². The quantitative estimate of drug-likeness (QED) is 0.800. The van der Waals surface area contributed by atoms with Crippen LogP contribution in [0, 0.1) is 6.92 Å². The van der Waals surface area contributed by atoms with Gasteiger partial charge < -0.3 is 10.1 Å². The lowest BCUT2D eigenvalue weighted by molar-refractivity contribution is -0.0376. The van der Waals surface area contributed by atoms with E-state index in [1.165, 1.54) is 11.1 Å². The van der Waals surface area contributed by atoms with Crippen LogP contribution in [0.2, 0.25) is 0 Å². The molecule has 1 aromatic rings. The zero-order valence-corrected chi connectivity index (χ0v) is 12.4. The van der Waals surface area contributed by atoms with Gasteiger partial charge in [-0.3, -0.25) is 0 Å². The first kappa shape index (κ1) is 15.2. The Kier molecular flexibility index (Phi) is 5.83. The van der Waals surface area contributed by atoms with Gasteiger partial charge in [-0.15, -0.1) is 0 Å². The van der Waals surface area contributed by atoms with Gasteiger partial charge in [0.25, 0.3) is 0 Å². The number of hydrogen-bond donors (Lipinski definition) is 1. The van der Waals surface area contributed by atoms with Crippen molar-refractivity contribution in [1.29, 1.82) is 0 Å². The molecule has 0 saturated heterocycles. The molecule has 0 aliphatic heterocycles. The molecule has 0 aromatic heterocycles. The van der Waals surface area contributed by atoms with Crippen molar-refractivity contribution >= 4 is 0 Å². The SMILES string of the molecule is CCNC(Cc1cccc(C)c1)C(C)(C)OCC. The Labute approximate surface area is 112 Å². The Balaban J connectivity index is 2.79. The Bertz CT molecular complexity index is 360. The van der Waals surface area contributed by atoms with Crippen LogP contribution in [-0.4, -0.2) is 24.8 Å². The highest BCUT2D eigenvalue weighted by Gasteiger charge is 2.29. The first-order chi connectivity index (χ1) is 8.49. The van der Waals surface area contributed by atoms with Gasteiger partial charge in [0.15, 0.2) is 0 Å². The van der Waals surface area contributed by atoms with Crippen LogP contribution in [0.4, 0.5) is 0 Å². The predicted molar refractivity (Wildman–Crippen MR) is 78.1 cm³/mol. The highest BCUT2D eigenvalue weighted by molar-refractivity contribution is 5.23. The molecule has 1 N–H and O–H groups in total. The highest BCUT2D eigenvalue weighted by Crippen LogP contribution is 2.19. The van der Waals surface area contributed by atoms with Gasteiger partial charge in [-0.2, -0.15) is 0 Å². The maximum Gasteiger partial charge on any atom is 0.0781 e. The minimum Gasteiger partial charge on any atom is -0.374 e. The van der Waals surface area contributed by atoms with Crippen LogP contribution >= 0.6 is 0 Å². The van der Waals surface area contributed by atoms with E-state index in [-0.39, 0.29) is 5.60 Å². The molecule has 0 bridgehead atoms. The highest BCUT2D eigenvalue weighted by atomic mass is 16.5. The molecule has 0 aliphatic rings. The summed E-state index contributed by atoms with van der Waals surface area (Å²) < 4.78 is 5.88. The van der Waals surface area contributed by atoms with Gasteiger partial charge in [-0.05, 0) is 46.2 Å². The van der Waals surface area contributed by atoms with Crippen LogP contribution in [0.3, 0.4) is 0 Å². The third-order valence-electron chi connectivity index (χ3n) is 3.33. The molecular formula is C16H27NO. The maximum atomic E-state index is 5.88. The molecule has 0 radical (unpaired) electrons. The van der Waals surface area contributed by atoms with E-state index in [2.05, 4.69) is 64.2 Å². The zero-order valence-electron chi connectivity index (χ0n) is 12.4. The van der Waals surface area contributed by atoms with Crippen molar-refractivity contribution in [3.63, 3.8) is 0 Å². The van der Waals surface area contributed by atoms with Gasteiger partial charge in [0.2, 0.25) is 0 Å². The molecule has 0 aliphatic carbocycles. The minimum atomic E-state index is -0.144. The Morgan fingerprint density at radius 3 is 2.56 bits per heavy atom. The van der Waals surface area contributed by atoms with Crippen molar-refractivity contribution in [1.82, 2.24) is 5.32 Å². The average Bonchev–Trinajstić information content (AvgIpc) is 2.28. The van der Waals surface area contributed by atoms with Gasteiger partial charge in [0.1, 0.15) is 0 Å². The van der Waals surface area contributed by atoms with Crippen molar-refractivity contribution < 1.29 is 4.74 Å². The number of aryl methyl sites for hydroxylation is 1. The van der Waals surface area contributed by atoms with Crippen LogP contribution in [0.1, 0.15) is 38.8 Å². The summed E-state index contributed by atoms with van der Waals surface area (Å²) in [5, 5.41) is 3.55. The Hall–Kier alpha value is -0.860. The lowest BCUT2D eigenvalue weighted by Crippen LogP contribution is -2.50. The number of hydrogen-bond acceptors (Lipinski definition) is 2. The van der Waals surface area contributed by atoms with E-state index in [1.807, 2.05) is 0 Å². The summed E-state index contributed by atoms with van der Waals surface area (Å²) in [7, 11) is 0. The van der Waals surface area contributed by atoms with E-state index < -0.39 is 0 Å². The molecule has 2 heteroatoms. The Morgan fingerprint density at radius 2 is 2.00 bits per heavy atom. The molecule has 0 fully saturated rings. The summed E-state index contributed by atoms with van der Waals surface area (Å²) in [5.74, 6) is 0. The van der Waals surface area contributed by atoms with Crippen LogP contribution in [0.15, 0.2) is 24.3 Å². The van der Waals surface area contributed by atoms with E-state index in [1.54, 1.807) is 0 Å². The van der Waals surface area contributed by atoms with Crippen LogP contribution in [-0.2, 0) is 11.2 Å². The largest absolute Gasteiger partial charge is 0.374 e. The maximum absolute atomic E-state index is 5.88. The van der Waals surface area contributed by atoms with Gasteiger partial charge >= 0.3 is 0 Å².